The van der Waals surface area contributed by atoms with Gasteiger partial charge in [-0.25, -0.2) is 9.37 Å². The Kier molecular flexibility index (Phi) is 4.91. The fourth-order valence-corrected chi connectivity index (χ4v) is 3.11. The number of phenols is 1. The maximum Gasteiger partial charge on any atom is 0.242 e. The van der Waals surface area contributed by atoms with Crippen LogP contribution in [0.15, 0.2) is 30.5 Å². The lowest BCUT2D eigenvalue weighted by Crippen LogP contribution is -2.07. The third kappa shape index (κ3) is 3.72. The number of nitrogen functional groups attached to an aromatic ring is 1. The third-order valence-electron chi connectivity index (χ3n) is 4.83. The van der Waals surface area contributed by atoms with Crippen LogP contribution in [0.2, 0.25) is 0 Å². The van der Waals surface area contributed by atoms with Gasteiger partial charge in [-0.15, -0.1) is 5.10 Å². The maximum atomic E-state index is 13.6. The van der Waals surface area contributed by atoms with Crippen molar-refractivity contribution in [3.8, 4) is 34.6 Å². The number of rotatable bonds is 6. The van der Waals surface area contributed by atoms with Crippen molar-refractivity contribution in [1.29, 1.82) is 5.26 Å². The summed E-state index contributed by atoms with van der Waals surface area (Å²) in [5.41, 5.74) is 7.63. The Labute approximate surface area is 172 Å². The first-order valence-corrected chi connectivity index (χ1v) is 9.42. The molecule has 1 aromatic carbocycles. The Morgan fingerprint density at radius 2 is 2.13 bits per heavy atom. The van der Waals surface area contributed by atoms with Gasteiger partial charge in [0.1, 0.15) is 35.5 Å². The molecule has 1 saturated carbocycles. The van der Waals surface area contributed by atoms with Crippen molar-refractivity contribution in [1.82, 2.24) is 14.8 Å². The normalized spacial score (nSPS) is 14.2. The van der Waals surface area contributed by atoms with Crippen LogP contribution in [0.1, 0.15) is 37.1 Å². The van der Waals surface area contributed by atoms with E-state index in [1.165, 1.54) is 23.0 Å². The summed E-state index contributed by atoms with van der Waals surface area (Å²) in [6, 6.07) is 7.39. The molecular formula is C21H20FN5O3. The number of hydrogen-bond acceptors (Lipinski definition) is 7. The van der Waals surface area contributed by atoms with Gasteiger partial charge in [-0.05, 0) is 44.0 Å². The minimum atomic E-state index is -0.702. The van der Waals surface area contributed by atoms with Gasteiger partial charge in [0.15, 0.2) is 11.6 Å². The highest BCUT2D eigenvalue weighted by atomic mass is 19.1. The standard InChI is InChI=1S/C21H20FN5O3/c1-11(15-8-13(22)3-6-17(15)28)29-18-7-12(10-25-20(18)24)19-16(9-23)27(2)26-21(19)30-14-4-5-14/h3,6-8,10-11,14,28H,4-5H2,1-2H3,(H2,24,25). The number of nitriles is 1. The number of aromatic nitrogens is 3. The van der Waals surface area contributed by atoms with Crippen LogP contribution < -0.4 is 15.2 Å². The maximum absolute atomic E-state index is 13.6. The number of anilines is 1. The van der Waals surface area contributed by atoms with Crippen molar-refractivity contribution in [2.45, 2.75) is 32.0 Å². The molecular weight excluding hydrogens is 389 g/mol. The molecule has 1 fully saturated rings. The van der Waals surface area contributed by atoms with Crippen molar-refractivity contribution in [3.05, 3.63) is 47.5 Å². The Hall–Kier alpha value is -3.80. The smallest absolute Gasteiger partial charge is 0.242 e. The number of halogens is 1. The second-order valence-electron chi connectivity index (χ2n) is 7.15. The Balaban J connectivity index is 1.71. The number of phenolic OH excluding ortho intramolecular Hbond substituents is 1. The molecule has 3 N–H and O–H groups in total. The van der Waals surface area contributed by atoms with E-state index >= 15 is 0 Å². The molecule has 0 spiro atoms. The van der Waals surface area contributed by atoms with Gasteiger partial charge in [-0.1, -0.05) is 0 Å². The number of pyridine rings is 1. The predicted octanol–water partition coefficient (Wildman–Crippen LogP) is 3.46. The van der Waals surface area contributed by atoms with Crippen LogP contribution in [0.3, 0.4) is 0 Å². The largest absolute Gasteiger partial charge is 0.508 e. The number of ether oxygens (including phenoxy) is 2. The number of hydrogen-bond donors (Lipinski definition) is 2. The molecule has 1 atom stereocenters. The van der Waals surface area contributed by atoms with Gasteiger partial charge in [0.2, 0.25) is 5.88 Å². The van der Waals surface area contributed by atoms with Crippen LogP contribution in [-0.4, -0.2) is 26.0 Å². The SMILES string of the molecule is CC(Oc1cc(-c2c(OC3CC3)nn(C)c2C#N)cnc1N)c1cc(F)ccc1O. The van der Waals surface area contributed by atoms with E-state index in [0.29, 0.717) is 22.7 Å². The highest BCUT2D eigenvalue weighted by Gasteiger charge is 2.29. The Morgan fingerprint density at radius 3 is 2.83 bits per heavy atom. The molecule has 1 unspecified atom stereocenters. The van der Waals surface area contributed by atoms with E-state index in [2.05, 4.69) is 16.2 Å². The summed E-state index contributed by atoms with van der Waals surface area (Å²) in [6.07, 6.45) is 2.80. The third-order valence-corrected chi connectivity index (χ3v) is 4.83. The van der Waals surface area contributed by atoms with E-state index in [1.807, 2.05) is 0 Å². The quantitative estimate of drug-likeness (QED) is 0.640. The van der Waals surface area contributed by atoms with E-state index in [0.717, 1.165) is 18.9 Å². The van der Waals surface area contributed by atoms with Crippen molar-refractivity contribution >= 4 is 5.82 Å². The van der Waals surface area contributed by atoms with Gasteiger partial charge in [0.05, 0.1) is 5.56 Å². The first kappa shape index (κ1) is 19.5. The van der Waals surface area contributed by atoms with Crippen LogP contribution >= 0.6 is 0 Å². The monoisotopic (exact) mass is 409 g/mol. The molecule has 30 heavy (non-hydrogen) atoms. The zero-order chi connectivity index (χ0) is 21.4. The summed E-state index contributed by atoms with van der Waals surface area (Å²) in [5.74, 6) is 0.118. The fraction of sp³-hybridized carbons (Fsp3) is 0.286. The first-order valence-electron chi connectivity index (χ1n) is 9.42. The second kappa shape index (κ2) is 7.55. The summed E-state index contributed by atoms with van der Waals surface area (Å²) >= 11 is 0. The highest BCUT2D eigenvalue weighted by molar-refractivity contribution is 5.76. The average Bonchev–Trinajstić information content (AvgIpc) is 3.47. The van der Waals surface area contributed by atoms with Crippen molar-refractivity contribution in [2.75, 3.05) is 5.73 Å². The molecule has 2 heterocycles. The van der Waals surface area contributed by atoms with Gasteiger partial charge < -0.3 is 20.3 Å². The van der Waals surface area contributed by atoms with E-state index in [-0.39, 0.29) is 29.0 Å². The number of aromatic hydroxyl groups is 1. The van der Waals surface area contributed by atoms with Gasteiger partial charge >= 0.3 is 0 Å². The number of nitrogens with zero attached hydrogens (tertiary/aromatic N) is 4. The fourth-order valence-electron chi connectivity index (χ4n) is 3.11. The summed E-state index contributed by atoms with van der Waals surface area (Å²) < 4.78 is 26.8. The molecule has 0 amide bonds. The second-order valence-corrected chi connectivity index (χ2v) is 7.15. The van der Waals surface area contributed by atoms with E-state index in [9.17, 15) is 14.8 Å². The van der Waals surface area contributed by atoms with E-state index in [1.54, 1.807) is 20.0 Å². The Bertz CT molecular complexity index is 1150. The number of aryl methyl sites for hydroxylation is 1. The molecule has 1 aliphatic rings. The van der Waals surface area contributed by atoms with Crippen LogP contribution in [0.25, 0.3) is 11.1 Å². The molecule has 0 radical (unpaired) electrons. The molecule has 4 rings (SSSR count). The van der Waals surface area contributed by atoms with Gasteiger partial charge in [-0.2, -0.15) is 5.26 Å². The first-order chi connectivity index (χ1) is 14.4. The molecule has 154 valence electrons. The zero-order valence-electron chi connectivity index (χ0n) is 16.5. The van der Waals surface area contributed by atoms with Crippen LogP contribution in [0.4, 0.5) is 10.2 Å². The lowest BCUT2D eigenvalue weighted by molar-refractivity contribution is 0.222. The molecule has 1 aliphatic carbocycles. The molecule has 0 bridgehead atoms. The van der Waals surface area contributed by atoms with Crippen molar-refractivity contribution in [3.63, 3.8) is 0 Å². The highest BCUT2D eigenvalue weighted by Crippen LogP contribution is 2.39. The van der Waals surface area contributed by atoms with Crippen LogP contribution in [-0.2, 0) is 7.05 Å². The molecule has 9 heteroatoms. The van der Waals surface area contributed by atoms with Crippen molar-refractivity contribution in [2.24, 2.45) is 7.05 Å². The van der Waals surface area contributed by atoms with Crippen molar-refractivity contribution < 1.29 is 19.0 Å². The number of benzene rings is 1. The van der Waals surface area contributed by atoms with Crippen LogP contribution in [0, 0.1) is 17.1 Å². The van der Waals surface area contributed by atoms with Gasteiger partial charge in [-0.3, -0.25) is 4.68 Å². The van der Waals surface area contributed by atoms with Gasteiger partial charge in [0, 0.05) is 24.4 Å². The summed E-state index contributed by atoms with van der Waals surface area (Å²) in [4.78, 5) is 4.18. The molecule has 0 saturated heterocycles. The molecule has 3 aromatic rings. The Morgan fingerprint density at radius 1 is 1.37 bits per heavy atom. The molecule has 0 aliphatic heterocycles. The summed E-state index contributed by atoms with van der Waals surface area (Å²) in [6.45, 7) is 1.66. The summed E-state index contributed by atoms with van der Waals surface area (Å²) in [7, 11) is 1.67. The lowest BCUT2D eigenvalue weighted by Gasteiger charge is -2.18. The zero-order valence-corrected chi connectivity index (χ0v) is 16.5. The topological polar surface area (TPSA) is 119 Å². The lowest BCUT2D eigenvalue weighted by atomic mass is 10.1. The minimum Gasteiger partial charge on any atom is -0.508 e. The van der Waals surface area contributed by atoms with E-state index in [4.69, 9.17) is 15.2 Å². The summed E-state index contributed by atoms with van der Waals surface area (Å²) in [5, 5.41) is 23.9. The van der Waals surface area contributed by atoms with Gasteiger partial charge in [0.25, 0.3) is 0 Å². The molecule has 8 nitrogen and oxygen atoms in total. The number of nitrogens with two attached hydrogens (primary N) is 1. The average molecular weight is 409 g/mol. The predicted molar refractivity (Wildman–Crippen MR) is 106 cm³/mol. The molecule has 2 aromatic heterocycles. The minimum absolute atomic E-state index is 0.0919. The van der Waals surface area contributed by atoms with E-state index < -0.39 is 11.9 Å². The van der Waals surface area contributed by atoms with Crippen LogP contribution in [0.5, 0.6) is 17.4 Å².